The van der Waals surface area contributed by atoms with Crippen molar-refractivity contribution in [2.24, 2.45) is 5.73 Å². The molecule has 18 heavy (non-hydrogen) atoms. The highest BCUT2D eigenvalue weighted by molar-refractivity contribution is 6.01. The van der Waals surface area contributed by atoms with Crippen molar-refractivity contribution in [3.8, 4) is 11.1 Å². The molecule has 1 aliphatic rings. The van der Waals surface area contributed by atoms with Gasteiger partial charge >= 0.3 is 0 Å². The SMILES string of the molecule is NCc1ccc(-c2ccc3c(c2)C(=O)CC3)cc1. The lowest BCUT2D eigenvalue weighted by Gasteiger charge is -2.05. The van der Waals surface area contributed by atoms with E-state index in [2.05, 4.69) is 24.3 Å². The summed E-state index contributed by atoms with van der Waals surface area (Å²) in [6.07, 6.45) is 1.55. The van der Waals surface area contributed by atoms with Crippen molar-refractivity contribution in [3.63, 3.8) is 0 Å². The fraction of sp³-hybridized carbons (Fsp3) is 0.188. The molecular weight excluding hydrogens is 222 g/mol. The number of rotatable bonds is 2. The van der Waals surface area contributed by atoms with Gasteiger partial charge in [0, 0.05) is 18.5 Å². The molecule has 0 bridgehead atoms. The van der Waals surface area contributed by atoms with Gasteiger partial charge in [0.1, 0.15) is 0 Å². The number of Topliss-reactive ketones (excluding diaryl/α,β-unsaturated/α-hetero) is 1. The second-order valence-electron chi connectivity index (χ2n) is 4.70. The molecule has 0 saturated carbocycles. The van der Waals surface area contributed by atoms with Crippen molar-refractivity contribution >= 4 is 5.78 Å². The molecule has 0 radical (unpaired) electrons. The van der Waals surface area contributed by atoms with E-state index in [9.17, 15) is 4.79 Å². The Bertz CT molecular complexity index is 599. The van der Waals surface area contributed by atoms with Gasteiger partial charge in [0.2, 0.25) is 0 Å². The summed E-state index contributed by atoms with van der Waals surface area (Å²) in [4.78, 5) is 11.7. The average molecular weight is 237 g/mol. The molecule has 2 aromatic carbocycles. The Morgan fingerprint density at radius 3 is 2.39 bits per heavy atom. The maximum atomic E-state index is 11.7. The monoisotopic (exact) mass is 237 g/mol. The summed E-state index contributed by atoms with van der Waals surface area (Å²) in [5, 5.41) is 0. The highest BCUT2D eigenvalue weighted by Gasteiger charge is 2.19. The van der Waals surface area contributed by atoms with Crippen LogP contribution in [-0.2, 0) is 13.0 Å². The molecule has 3 rings (SSSR count). The molecule has 1 aliphatic carbocycles. The predicted octanol–water partition coefficient (Wildman–Crippen LogP) is 2.94. The second kappa shape index (κ2) is 4.39. The van der Waals surface area contributed by atoms with E-state index in [4.69, 9.17) is 5.73 Å². The third-order valence-electron chi connectivity index (χ3n) is 3.55. The van der Waals surface area contributed by atoms with E-state index >= 15 is 0 Å². The lowest BCUT2D eigenvalue weighted by atomic mass is 9.99. The van der Waals surface area contributed by atoms with Crippen molar-refractivity contribution in [1.82, 2.24) is 0 Å². The Kier molecular flexibility index (Phi) is 2.73. The van der Waals surface area contributed by atoms with Crippen LogP contribution in [-0.4, -0.2) is 5.78 Å². The summed E-state index contributed by atoms with van der Waals surface area (Å²) in [5.41, 5.74) is 11.0. The summed E-state index contributed by atoms with van der Waals surface area (Å²) in [5.74, 6) is 0.269. The zero-order chi connectivity index (χ0) is 12.5. The van der Waals surface area contributed by atoms with Crippen LogP contribution < -0.4 is 5.73 Å². The number of carbonyl (C=O) groups is 1. The van der Waals surface area contributed by atoms with Gasteiger partial charge in [-0.25, -0.2) is 0 Å². The molecule has 2 N–H and O–H groups in total. The van der Waals surface area contributed by atoms with Crippen LogP contribution in [0.1, 0.15) is 27.9 Å². The van der Waals surface area contributed by atoms with Crippen LogP contribution in [0.15, 0.2) is 42.5 Å². The van der Waals surface area contributed by atoms with E-state index < -0.39 is 0 Å². The summed E-state index contributed by atoms with van der Waals surface area (Å²) in [7, 11) is 0. The lowest BCUT2D eigenvalue weighted by molar-refractivity contribution is 0.0994. The van der Waals surface area contributed by atoms with Gasteiger partial charge in [-0.2, -0.15) is 0 Å². The Hall–Kier alpha value is -1.93. The molecule has 2 heteroatoms. The topological polar surface area (TPSA) is 43.1 Å². The Morgan fingerprint density at radius 1 is 0.944 bits per heavy atom. The van der Waals surface area contributed by atoms with Gasteiger partial charge in [0.05, 0.1) is 0 Å². The minimum atomic E-state index is 0.269. The smallest absolute Gasteiger partial charge is 0.163 e. The largest absolute Gasteiger partial charge is 0.326 e. The van der Waals surface area contributed by atoms with Gasteiger partial charge in [-0.3, -0.25) is 4.79 Å². The standard InChI is InChI=1S/C16H15NO/c17-10-11-1-3-12(4-2-11)14-6-5-13-7-8-16(18)15(13)9-14/h1-6,9H,7-8,10,17H2. The number of fused-ring (bicyclic) bond motifs is 1. The molecule has 2 nitrogen and oxygen atoms in total. The number of aryl methyl sites for hydroxylation is 1. The normalized spacial score (nSPS) is 13.7. The first kappa shape index (κ1) is 11.2. The third kappa shape index (κ3) is 1.85. The number of nitrogens with two attached hydrogens (primary N) is 1. The minimum Gasteiger partial charge on any atom is -0.326 e. The summed E-state index contributed by atoms with van der Waals surface area (Å²) < 4.78 is 0. The number of hydrogen-bond donors (Lipinski definition) is 1. The fourth-order valence-corrected chi connectivity index (χ4v) is 2.45. The quantitative estimate of drug-likeness (QED) is 0.872. The number of benzene rings is 2. The third-order valence-corrected chi connectivity index (χ3v) is 3.55. The van der Waals surface area contributed by atoms with Crippen LogP contribution in [0.3, 0.4) is 0 Å². The van der Waals surface area contributed by atoms with Gasteiger partial charge in [-0.15, -0.1) is 0 Å². The molecule has 0 unspecified atom stereocenters. The van der Waals surface area contributed by atoms with Gasteiger partial charge in [-0.1, -0.05) is 36.4 Å². The summed E-state index contributed by atoms with van der Waals surface area (Å²) in [6, 6.07) is 14.4. The van der Waals surface area contributed by atoms with Crippen LogP contribution in [0, 0.1) is 0 Å². The van der Waals surface area contributed by atoms with E-state index in [1.807, 2.05) is 18.2 Å². The molecular formula is C16H15NO. The molecule has 0 saturated heterocycles. The zero-order valence-corrected chi connectivity index (χ0v) is 10.1. The Morgan fingerprint density at radius 2 is 1.67 bits per heavy atom. The first-order valence-corrected chi connectivity index (χ1v) is 6.23. The van der Waals surface area contributed by atoms with Crippen LogP contribution in [0.2, 0.25) is 0 Å². The maximum absolute atomic E-state index is 11.7. The average Bonchev–Trinajstić information content (AvgIpc) is 2.80. The fourth-order valence-electron chi connectivity index (χ4n) is 2.45. The lowest BCUT2D eigenvalue weighted by Crippen LogP contribution is -1.95. The van der Waals surface area contributed by atoms with Crippen molar-refractivity contribution in [3.05, 3.63) is 59.2 Å². The minimum absolute atomic E-state index is 0.269. The Labute approximate surface area is 106 Å². The predicted molar refractivity (Wildman–Crippen MR) is 72.4 cm³/mol. The number of ketones is 1. The van der Waals surface area contributed by atoms with Gasteiger partial charge in [-0.05, 0) is 34.7 Å². The second-order valence-corrected chi connectivity index (χ2v) is 4.70. The van der Waals surface area contributed by atoms with Crippen LogP contribution >= 0.6 is 0 Å². The van der Waals surface area contributed by atoms with E-state index in [0.29, 0.717) is 13.0 Å². The van der Waals surface area contributed by atoms with Gasteiger partial charge in [0.25, 0.3) is 0 Å². The van der Waals surface area contributed by atoms with E-state index in [-0.39, 0.29) is 5.78 Å². The van der Waals surface area contributed by atoms with E-state index in [0.717, 1.165) is 28.7 Å². The van der Waals surface area contributed by atoms with Crippen LogP contribution in [0.4, 0.5) is 0 Å². The molecule has 0 aromatic heterocycles. The highest BCUT2D eigenvalue weighted by Crippen LogP contribution is 2.28. The molecule has 0 heterocycles. The number of carbonyl (C=O) groups excluding carboxylic acids is 1. The van der Waals surface area contributed by atoms with Gasteiger partial charge in [0.15, 0.2) is 5.78 Å². The van der Waals surface area contributed by atoms with Crippen LogP contribution in [0.5, 0.6) is 0 Å². The van der Waals surface area contributed by atoms with Crippen LogP contribution in [0.25, 0.3) is 11.1 Å². The molecule has 0 fully saturated rings. The molecule has 0 atom stereocenters. The molecule has 0 aliphatic heterocycles. The zero-order valence-electron chi connectivity index (χ0n) is 10.1. The van der Waals surface area contributed by atoms with E-state index in [1.165, 1.54) is 5.56 Å². The number of hydrogen-bond acceptors (Lipinski definition) is 2. The first-order chi connectivity index (χ1) is 8.78. The van der Waals surface area contributed by atoms with E-state index in [1.54, 1.807) is 0 Å². The first-order valence-electron chi connectivity index (χ1n) is 6.23. The maximum Gasteiger partial charge on any atom is 0.163 e. The van der Waals surface area contributed by atoms with Crippen molar-refractivity contribution < 1.29 is 4.79 Å². The molecule has 2 aromatic rings. The van der Waals surface area contributed by atoms with Crippen molar-refractivity contribution in [2.45, 2.75) is 19.4 Å². The molecule has 90 valence electrons. The van der Waals surface area contributed by atoms with Crippen molar-refractivity contribution in [2.75, 3.05) is 0 Å². The van der Waals surface area contributed by atoms with Crippen molar-refractivity contribution in [1.29, 1.82) is 0 Å². The van der Waals surface area contributed by atoms with Gasteiger partial charge < -0.3 is 5.73 Å². The summed E-state index contributed by atoms with van der Waals surface area (Å²) in [6.45, 7) is 0.558. The highest BCUT2D eigenvalue weighted by atomic mass is 16.1. The summed E-state index contributed by atoms with van der Waals surface area (Å²) >= 11 is 0. The molecule has 0 spiro atoms. The Balaban J connectivity index is 2.01. The molecule has 0 amide bonds.